The minimum Gasteiger partial charge on any atom is -0.284 e. The second-order valence-corrected chi connectivity index (χ2v) is 3.95. The summed E-state index contributed by atoms with van der Waals surface area (Å²) in [4.78, 5) is 10.9. The van der Waals surface area contributed by atoms with Gasteiger partial charge >= 0.3 is 0 Å². The van der Waals surface area contributed by atoms with Crippen LogP contribution in [0, 0.1) is 0 Å². The Bertz CT molecular complexity index is 145. The minimum atomic E-state index is -1.29. The predicted molar refractivity (Wildman–Crippen MR) is 47.8 cm³/mol. The van der Waals surface area contributed by atoms with Crippen LogP contribution in [-0.2, 0) is 4.79 Å². The molecule has 0 rings (SSSR count). The van der Waals surface area contributed by atoms with Crippen molar-refractivity contribution in [2.75, 3.05) is 6.26 Å². The van der Waals surface area contributed by atoms with E-state index in [-0.39, 0.29) is 11.5 Å². The monoisotopic (exact) mass is 198 g/mol. The maximum atomic E-state index is 10.9. The van der Waals surface area contributed by atoms with Crippen LogP contribution in [-0.4, -0.2) is 15.7 Å². The van der Waals surface area contributed by atoms with Crippen molar-refractivity contribution < 1.29 is 4.79 Å². The quantitative estimate of drug-likeness (QED) is 0.513. The number of carbonyl (C=O) groups excluding carboxylic acids is 1. The van der Waals surface area contributed by atoms with E-state index >= 15 is 0 Å². The van der Waals surface area contributed by atoms with Crippen molar-refractivity contribution in [3.63, 3.8) is 0 Å². The van der Waals surface area contributed by atoms with Crippen molar-refractivity contribution in [1.82, 2.24) is 0 Å². The van der Waals surface area contributed by atoms with Gasteiger partial charge in [0, 0.05) is 6.42 Å². The molecule has 0 unspecified atom stereocenters. The lowest BCUT2D eigenvalue weighted by Gasteiger charge is -2.12. The summed E-state index contributed by atoms with van der Waals surface area (Å²) in [5.74, 6) is 0. The van der Waals surface area contributed by atoms with Gasteiger partial charge in [-0.15, -0.1) is 6.58 Å². The number of halogens is 2. The first-order valence-corrected chi connectivity index (χ1v) is 4.60. The predicted octanol–water partition coefficient (Wildman–Crippen LogP) is 2.63. The van der Waals surface area contributed by atoms with Gasteiger partial charge in [0.1, 0.15) is 0 Å². The van der Waals surface area contributed by atoms with E-state index in [0.29, 0.717) is 0 Å². The zero-order chi connectivity index (χ0) is 8.20. The van der Waals surface area contributed by atoms with Gasteiger partial charge in [0.15, 0.2) is 4.33 Å². The van der Waals surface area contributed by atoms with Crippen LogP contribution >= 0.6 is 35.0 Å². The molecule has 0 bridgehead atoms. The summed E-state index contributed by atoms with van der Waals surface area (Å²) >= 11 is 12.2. The summed E-state index contributed by atoms with van der Waals surface area (Å²) in [5, 5.41) is -0.240. The molecule has 0 aromatic carbocycles. The number of allylic oxidation sites excluding steroid dienone is 1. The van der Waals surface area contributed by atoms with Crippen LogP contribution in [0.25, 0.3) is 0 Å². The summed E-state index contributed by atoms with van der Waals surface area (Å²) in [6.45, 7) is 3.43. The highest BCUT2D eigenvalue weighted by Crippen LogP contribution is 2.30. The Balaban J connectivity index is 4.08. The molecule has 0 radical (unpaired) electrons. The third-order valence-electron chi connectivity index (χ3n) is 0.885. The van der Waals surface area contributed by atoms with E-state index < -0.39 is 4.33 Å². The molecule has 0 heterocycles. The number of hydrogen-bond acceptors (Lipinski definition) is 2. The molecule has 58 valence electrons. The molecular weight excluding hydrogens is 191 g/mol. The third kappa shape index (κ3) is 2.95. The minimum absolute atomic E-state index is 0.240. The molecule has 0 saturated heterocycles. The Morgan fingerprint density at radius 3 is 2.60 bits per heavy atom. The third-order valence-corrected chi connectivity index (χ3v) is 2.48. The molecule has 0 atom stereocenters. The molecule has 0 aliphatic rings. The van der Waals surface area contributed by atoms with Gasteiger partial charge in [-0.1, -0.05) is 41.0 Å². The summed E-state index contributed by atoms with van der Waals surface area (Å²) in [7, 11) is 0. The van der Waals surface area contributed by atoms with Crippen LogP contribution in [0.1, 0.15) is 6.42 Å². The van der Waals surface area contributed by atoms with Gasteiger partial charge < -0.3 is 0 Å². The fourth-order valence-electron chi connectivity index (χ4n) is 0.414. The molecule has 0 spiro atoms. The van der Waals surface area contributed by atoms with Crippen molar-refractivity contribution in [2.45, 2.75) is 10.8 Å². The van der Waals surface area contributed by atoms with E-state index in [1.54, 1.807) is 6.26 Å². The summed E-state index contributed by atoms with van der Waals surface area (Å²) in [6, 6.07) is 0. The largest absolute Gasteiger partial charge is 0.284 e. The van der Waals surface area contributed by atoms with Crippen molar-refractivity contribution >= 4 is 40.1 Å². The fraction of sp³-hybridized carbons (Fsp3) is 0.500. The molecule has 4 heteroatoms. The second-order valence-electron chi connectivity index (χ2n) is 1.69. The van der Waals surface area contributed by atoms with E-state index in [0.717, 1.165) is 11.8 Å². The van der Waals surface area contributed by atoms with Gasteiger partial charge in [0.2, 0.25) is 5.12 Å². The van der Waals surface area contributed by atoms with E-state index in [2.05, 4.69) is 6.58 Å². The number of rotatable bonds is 3. The first kappa shape index (κ1) is 10.3. The maximum absolute atomic E-state index is 10.9. The SMILES string of the molecule is C=CCC(Cl)(Cl)C(=O)SC. The smallest absolute Gasteiger partial charge is 0.224 e. The normalized spacial score (nSPS) is 11.1. The van der Waals surface area contributed by atoms with Gasteiger partial charge in [-0.25, -0.2) is 0 Å². The lowest BCUT2D eigenvalue weighted by Crippen LogP contribution is -2.21. The molecule has 0 amide bonds. The van der Waals surface area contributed by atoms with Crippen LogP contribution in [0.5, 0.6) is 0 Å². The first-order valence-electron chi connectivity index (χ1n) is 2.61. The Kier molecular flexibility index (Phi) is 4.41. The highest BCUT2D eigenvalue weighted by atomic mass is 35.5. The van der Waals surface area contributed by atoms with Crippen LogP contribution in [0.3, 0.4) is 0 Å². The lowest BCUT2D eigenvalue weighted by atomic mass is 10.3. The summed E-state index contributed by atoms with van der Waals surface area (Å²) in [5.41, 5.74) is 0. The molecule has 10 heavy (non-hydrogen) atoms. The second kappa shape index (κ2) is 4.27. The molecule has 1 nitrogen and oxygen atoms in total. The molecular formula is C6H8Cl2OS. The maximum Gasteiger partial charge on any atom is 0.224 e. The summed E-state index contributed by atoms with van der Waals surface area (Å²) in [6.07, 6.45) is 3.45. The lowest BCUT2D eigenvalue weighted by molar-refractivity contribution is -0.111. The number of hydrogen-bond donors (Lipinski definition) is 0. The first-order chi connectivity index (χ1) is 4.54. The average molecular weight is 199 g/mol. The fourth-order valence-corrected chi connectivity index (χ4v) is 1.48. The standard InChI is InChI=1S/C6H8Cl2OS/c1-3-4-6(7,8)5(9)10-2/h3H,1,4H2,2H3. The molecule has 0 saturated carbocycles. The number of alkyl halides is 2. The molecule has 0 N–H and O–H groups in total. The highest BCUT2D eigenvalue weighted by Gasteiger charge is 2.30. The van der Waals surface area contributed by atoms with Crippen LogP contribution < -0.4 is 0 Å². The number of thioether (sulfide) groups is 1. The number of carbonyl (C=O) groups is 1. The van der Waals surface area contributed by atoms with Gasteiger partial charge in [-0.2, -0.15) is 0 Å². The zero-order valence-corrected chi connectivity index (χ0v) is 7.89. The highest BCUT2D eigenvalue weighted by molar-refractivity contribution is 8.13. The molecule has 0 aromatic heterocycles. The van der Waals surface area contributed by atoms with E-state index in [9.17, 15) is 4.79 Å². The molecule has 0 fully saturated rings. The Labute approximate surface area is 74.8 Å². The Hall–Kier alpha value is 0.340. The van der Waals surface area contributed by atoms with Gasteiger partial charge in [0.25, 0.3) is 0 Å². The van der Waals surface area contributed by atoms with E-state index in [1.165, 1.54) is 6.08 Å². The van der Waals surface area contributed by atoms with Crippen molar-refractivity contribution in [3.05, 3.63) is 12.7 Å². The Morgan fingerprint density at radius 1 is 1.80 bits per heavy atom. The van der Waals surface area contributed by atoms with E-state index in [4.69, 9.17) is 23.2 Å². The molecule has 0 aliphatic heterocycles. The van der Waals surface area contributed by atoms with Gasteiger partial charge in [-0.3, -0.25) is 4.79 Å². The van der Waals surface area contributed by atoms with Crippen LogP contribution in [0.2, 0.25) is 0 Å². The van der Waals surface area contributed by atoms with Crippen LogP contribution in [0.15, 0.2) is 12.7 Å². The molecule has 0 aliphatic carbocycles. The van der Waals surface area contributed by atoms with E-state index in [1.807, 2.05) is 0 Å². The van der Waals surface area contributed by atoms with Crippen molar-refractivity contribution in [3.8, 4) is 0 Å². The summed E-state index contributed by atoms with van der Waals surface area (Å²) < 4.78 is -1.29. The van der Waals surface area contributed by atoms with Crippen LogP contribution in [0.4, 0.5) is 0 Å². The van der Waals surface area contributed by atoms with Gasteiger partial charge in [-0.05, 0) is 6.26 Å². The van der Waals surface area contributed by atoms with Crippen molar-refractivity contribution in [2.24, 2.45) is 0 Å². The molecule has 0 aromatic rings. The van der Waals surface area contributed by atoms with Gasteiger partial charge in [0.05, 0.1) is 0 Å². The average Bonchev–Trinajstić information content (AvgIpc) is 1.86. The van der Waals surface area contributed by atoms with Crippen molar-refractivity contribution in [1.29, 1.82) is 0 Å². The Morgan fingerprint density at radius 2 is 2.30 bits per heavy atom. The zero-order valence-electron chi connectivity index (χ0n) is 5.56. The topological polar surface area (TPSA) is 17.1 Å².